The zero-order valence-corrected chi connectivity index (χ0v) is 14.9. The topological polar surface area (TPSA) is 38.8 Å². The molecule has 1 fully saturated rings. The van der Waals surface area contributed by atoms with Crippen molar-refractivity contribution < 1.29 is 18.7 Å². The van der Waals surface area contributed by atoms with E-state index in [1.165, 1.54) is 12.1 Å². The number of likely N-dealkylation sites (tertiary alicyclic amines) is 1. The van der Waals surface area contributed by atoms with Gasteiger partial charge in [0, 0.05) is 12.6 Å². The fourth-order valence-electron chi connectivity index (χ4n) is 3.28. The third-order valence-corrected chi connectivity index (χ3v) is 4.62. The van der Waals surface area contributed by atoms with Crippen LogP contribution in [0.4, 0.5) is 4.39 Å². The lowest BCUT2D eigenvalue weighted by molar-refractivity contribution is -0.126. The van der Waals surface area contributed by atoms with E-state index in [1.807, 2.05) is 17.0 Å². The van der Waals surface area contributed by atoms with Gasteiger partial charge in [-0.05, 0) is 54.3 Å². The van der Waals surface area contributed by atoms with Gasteiger partial charge in [0.05, 0.1) is 20.3 Å². The molecule has 1 amide bonds. The van der Waals surface area contributed by atoms with Crippen molar-refractivity contribution in [1.29, 1.82) is 0 Å². The van der Waals surface area contributed by atoms with Crippen molar-refractivity contribution in [3.63, 3.8) is 0 Å². The number of methoxy groups -OCH3 is 2. The molecular formula is C21H22FNO3. The number of carbonyl (C=O) groups is 1. The first-order chi connectivity index (χ1) is 12.6. The number of halogens is 1. The highest BCUT2D eigenvalue weighted by Gasteiger charge is 2.28. The molecule has 0 aliphatic carbocycles. The first-order valence-corrected chi connectivity index (χ1v) is 8.58. The van der Waals surface area contributed by atoms with Crippen LogP contribution in [0.15, 0.2) is 48.5 Å². The second-order valence-corrected chi connectivity index (χ2v) is 6.19. The van der Waals surface area contributed by atoms with Crippen molar-refractivity contribution >= 4 is 12.0 Å². The van der Waals surface area contributed by atoms with Crippen molar-refractivity contribution in [2.24, 2.45) is 0 Å². The molecule has 2 aromatic carbocycles. The normalized spacial score (nSPS) is 16.9. The number of carbonyl (C=O) groups excluding carboxylic acids is 1. The molecule has 0 N–H and O–H groups in total. The highest BCUT2D eigenvalue weighted by atomic mass is 19.1. The second-order valence-electron chi connectivity index (χ2n) is 6.19. The minimum Gasteiger partial charge on any atom is -0.493 e. The van der Waals surface area contributed by atoms with Crippen LogP contribution in [0.2, 0.25) is 0 Å². The van der Waals surface area contributed by atoms with Gasteiger partial charge in [0.25, 0.3) is 0 Å². The lowest BCUT2D eigenvalue weighted by atomic mass is 10.0. The molecule has 0 radical (unpaired) electrons. The number of rotatable bonds is 5. The Kier molecular flexibility index (Phi) is 5.56. The first kappa shape index (κ1) is 18.0. The Morgan fingerprint density at radius 1 is 1.12 bits per heavy atom. The van der Waals surface area contributed by atoms with Gasteiger partial charge in [0.15, 0.2) is 11.5 Å². The molecule has 0 aromatic heterocycles. The average Bonchev–Trinajstić information content (AvgIpc) is 3.16. The molecule has 5 heteroatoms. The maximum atomic E-state index is 13.1. The van der Waals surface area contributed by atoms with Crippen LogP contribution in [-0.4, -0.2) is 31.6 Å². The summed E-state index contributed by atoms with van der Waals surface area (Å²) in [6, 6.07) is 11.9. The zero-order valence-electron chi connectivity index (χ0n) is 14.9. The molecule has 1 saturated heterocycles. The van der Waals surface area contributed by atoms with Gasteiger partial charge in [-0.15, -0.1) is 0 Å². The van der Waals surface area contributed by atoms with Crippen molar-refractivity contribution in [2.75, 3.05) is 20.8 Å². The molecule has 136 valence electrons. The highest BCUT2D eigenvalue weighted by molar-refractivity contribution is 5.92. The summed E-state index contributed by atoms with van der Waals surface area (Å²) in [6.45, 7) is 0.706. The second kappa shape index (κ2) is 8.04. The smallest absolute Gasteiger partial charge is 0.247 e. The van der Waals surface area contributed by atoms with Gasteiger partial charge < -0.3 is 14.4 Å². The number of amides is 1. The number of nitrogens with zero attached hydrogens (tertiary/aromatic N) is 1. The van der Waals surface area contributed by atoms with Crippen LogP contribution in [0, 0.1) is 5.82 Å². The standard InChI is InChI=1S/C21H22FNO3/c1-25-19-11-5-15(14-20(19)26-2)6-12-21(24)23-13-3-4-18(23)16-7-9-17(22)10-8-16/h5-12,14,18H,3-4,13H2,1-2H3/b12-6+. The molecule has 3 rings (SSSR count). The van der Waals surface area contributed by atoms with Crippen LogP contribution in [-0.2, 0) is 4.79 Å². The van der Waals surface area contributed by atoms with Crippen molar-refractivity contribution in [2.45, 2.75) is 18.9 Å². The average molecular weight is 355 g/mol. The van der Waals surface area contributed by atoms with Gasteiger partial charge in [-0.25, -0.2) is 4.39 Å². The Morgan fingerprint density at radius 3 is 2.54 bits per heavy atom. The molecule has 1 unspecified atom stereocenters. The fourth-order valence-corrected chi connectivity index (χ4v) is 3.28. The van der Waals surface area contributed by atoms with E-state index in [2.05, 4.69) is 0 Å². The molecule has 0 spiro atoms. The number of hydrogen-bond acceptors (Lipinski definition) is 3. The Balaban J connectivity index is 1.74. The van der Waals surface area contributed by atoms with Crippen LogP contribution < -0.4 is 9.47 Å². The number of ether oxygens (including phenoxy) is 2. The zero-order chi connectivity index (χ0) is 18.5. The fraction of sp³-hybridized carbons (Fsp3) is 0.286. The third-order valence-electron chi connectivity index (χ3n) is 4.62. The van der Waals surface area contributed by atoms with E-state index in [9.17, 15) is 9.18 Å². The van der Waals surface area contributed by atoms with Gasteiger partial charge in [0.1, 0.15) is 5.82 Å². The summed E-state index contributed by atoms with van der Waals surface area (Å²) in [5.41, 5.74) is 1.82. The molecule has 1 aliphatic heterocycles. The summed E-state index contributed by atoms with van der Waals surface area (Å²) in [5.74, 6) is 0.948. The predicted molar refractivity (Wildman–Crippen MR) is 98.7 cm³/mol. The van der Waals surface area contributed by atoms with Gasteiger partial charge in [0.2, 0.25) is 5.91 Å². The Bertz CT molecular complexity index is 801. The van der Waals surface area contributed by atoms with E-state index in [4.69, 9.17) is 9.47 Å². The SMILES string of the molecule is COc1ccc(/C=C/C(=O)N2CCCC2c2ccc(F)cc2)cc1OC. The molecule has 1 heterocycles. The Hall–Kier alpha value is -2.82. The molecule has 0 bridgehead atoms. The van der Waals surface area contributed by atoms with Crippen LogP contribution in [0.5, 0.6) is 11.5 Å². The summed E-state index contributed by atoms with van der Waals surface area (Å²) in [7, 11) is 3.16. The summed E-state index contributed by atoms with van der Waals surface area (Å²) >= 11 is 0. The van der Waals surface area contributed by atoms with E-state index < -0.39 is 0 Å². The van der Waals surface area contributed by atoms with Crippen molar-refractivity contribution in [3.05, 3.63) is 65.5 Å². The molecule has 1 aliphatic rings. The largest absolute Gasteiger partial charge is 0.493 e. The van der Waals surface area contributed by atoms with Crippen LogP contribution in [0.1, 0.15) is 30.0 Å². The van der Waals surface area contributed by atoms with Crippen LogP contribution in [0.3, 0.4) is 0 Å². The Morgan fingerprint density at radius 2 is 1.85 bits per heavy atom. The number of benzene rings is 2. The monoisotopic (exact) mass is 355 g/mol. The maximum Gasteiger partial charge on any atom is 0.247 e. The van der Waals surface area contributed by atoms with E-state index in [0.717, 1.165) is 24.0 Å². The van der Waals surface area contributed by atoms with Crippen molar-refractivity contribution in [3.8, 4) is 11.5 Å². The summed E-state index contributed by atoms with van der Waals surface area (Å²) in [6.07, 6.45) is 5.17. The lowest BCUT2D eigenvalue weighted by Gasteiger charge is -2.23. The molecule has 26 heavy (non-hydrogen) atoms. The summed E-state index contributed by atoms with van der Waals surface area (Å²) < 4.78 is 23.6. The molecule has 0 saturated carbocycles. The van der Waals surface area contributed by atoms with Gasteiger partial charge >= 0.3 is 0 Å². The summed E-state index contributed by atoms with van der Waals surface area (Å²) in [4.78, 5) is 14.5. The molecular weight excluding hydrogens is 333 g/mol. The Labute approximate surface area is 152 Å². The minimum absolute atomic E-state index is 0.00171. The molecule has 2 aromatic rings. The quantitative estimate of drug-likeness (QED) is 0.754. The van der Waals surface area contributed by atoms with E-state index >= 15 is 0 Å². The summed E-state index contributed by atoms with van der Waals surface area (Å²) in [5, 5.41) is 0. The van der Waals surface area contributed by atoms with Gasteiger partial charge in [-0.3, -0.25) is 4.79 Å². The van der Waals surface area contributed by atoms with E-state index in [1.54, 1.807) is 44.6 Å². The third kappa shape index (κ3) is 3.87. The first-order valence-electron chi connectivity index (χ1n) is 8.58. The van der Waals surface area contributed by atoms with Gasteiger partial charge in [-0.2, -0.15) is 0 Å². The maximum absolute atomic E-state index is 13.1. The van der Waals surface area contributed by atoms with E-state index in [0.29, 0.717) is 18.0 Å². The van der Waals surface area contributed by atoms with Crippen LogP contribution in [0.25, 0.3) is 6.08 Å². The van der Waals surface area contributed by atoms with Crippen LogP contribution >= 0.6 is 0 Å². The molecule has 4 nitrogen and oxygen atoms in total. The van der Waals surface area contributed by atoms with Gasteiger partial charge in [-0.1, -0.05) is 18.2 Å². The predicted octanol–water partition coefficient (Wildman–Crippen LogP) is 4.22. The minimum atomic E-state index is -0.266. The van der Waals surface area contributed by atoms with Crippen molar-refractivity contribution in [1.82, 2.24) is 4.90 Å². The number of hydrogen-bond donors (Lipinski definition) is 0. The molecule has 1 atom stereocenters. The highest BCUT2D eigenvalue weighted by Crippen LogP contribution is 2.32. The lowest BCUT2D eigenvalue weighted by Crippen LogP contribution is -2.28. The van der Waals surface area contributed by atoms with E-state index in [-0.39, 0.29) is 17.8 Å².